The summed E-state index contributed by atoms with van der Waals surface area (Å²) in [7, 11) is 1.53. The van der Waals surface area contributed by atoms with Crippen LogP contribution in [0.15, 0.2) is 41.8 Å². The Hall–Kier alpha value is -2.87. The van der Waals surface area contributed by atoms with Gasteiger partial charge in [-0.15, -0.1) is 11.3 Å². The first-order chi connectivity index (χ1) is 12.6. The summed E-state index contributed by atoms with van der Waals surface area (Å²) in [6.07, 6.45) is 0. The van der Waals surface area contributed by atoms with Gasteiger partial charge in [0.25, 0.3) is 11.8 Å². The van der Waals surface area contributed by atoms with E-state index in [1.807, 2.05) is 11.4 Å². The van der Waals surface area contributed by atoms with Gasteiger partial charge in [-0.05, 0) is 23.6 Å². The minimum Gasteiger partial charge on any atom is -0.497 e. The summed E-state index contributed by atoms with van der Waals surface area (Å²) in [5, 5.41) is 1.85. The Morgan fingerprint density at radius 2 is 2.04 bits per heavy atom. The highest BCUT2D eigenvalue weighted by Crippen LogP contribution is 2.30. The Morgan fingerprint density at radius 3 is 2.77 bits per heavy atom. The van der Waals surface area contributed by atoms with Crippen molar-refractivity contribution in [2.24, 2.45) is 0 Å². The lowest BCUT2D eigenvalue weighted by Gasteiger charge is -2.35. The number of piperazine rings is 1. The molecule has 134 valence electrons. The van der Waals surface area contributed by atoms with Gasteiger partial charge >= 0.3 is 6.03 Å². The van der Waals surface area contributed by atoms with Gasteiger partial charge in [0.2, 0.25) is 0 Å². The van der Waals surface area contributed by atoms with Crippen molar-refractivity contribution in [1.29, 1.82) is 0 Å². The third kappa shape index (κ3) is 2.62. The fourth-order valence-corrected chi connectivity index (χ4v) is 4.01. The van der Waals surface area contributed by atoms with Gasteiger partial charge in [0.05, 0.1) is 24.2 Å². The third-order valence-corrected chi connectivity index (χ3v) is 5.51. The quantitative estimate of drug-likeness (QED) is 0.775. The van der Waals surface area contributed by atoms with Crippen LogP contribution in [0.1, 0.15) is 9.67 Å². The number of methoxy groups -OCH3 is 1. The number of fused-ring (bicyclic) bond motifs is 1. The molecule has 1 aromatic carbocycles. The molecule has 3 heterocycles. The molecule has 0 spiro atoms. The standard InChI is InChI=1S/C18H17N3O4S/c1-25-13-5-2-4-12(10-13)21-16(22)14-11-19(7-8-20(14)18(21)24)17(23)15-6-3-9-26-15/h2-6,9-10,14H,7-8,11H2,1H3/t14-/m0/s1. The van der Waals surface area contributed by atoms with Gasteiger partial charge in [-0.2, -0.15) is 0 Å². The average molecular weight is 371 g/mol. The van der Waals surface area contributed by atoms with Crippen LogP contribution in [0.3, 0.4) is 0 Å². The van der Waals surface area contributed by atoms with Crippen LogP contribution in [0.2, 0.25) is 0 Å². The molecule has 4 amide bonds. The van der Waals surface area contributed by atoms with E-state index in [9.17, 15) is 14.4 Å². The predicted molar refractivity (Wildman–Crippen MR) is 96.6 cm³/mol. The van der Waals surface area contributed by atoms with Gasteiger partial charge in [-0.3, -0.25) is 9.59 Å². The van der Waals surface area contributed by atoms with Crippen LogP contribution in [0, 0.1) is 0 Å². The largest absolute Gasteiger partial charge is 0.497 e. The van der Waals surface area contributed by atoms with E-state index in [1.165, 1.54) is 23.3 Å². The minimum absolute atomic E-state index is 0.0975. The Morgan fingerprint density at radius 1 is 1.19 bits per heavy atom. The summed E-state index contributed by atoms with van der Waals surface area (Å²) in [6.45, 7) is 0.965. The number of hydrogen-bond acceptors (Lipinski definition) is 5. The van der Waals surface area contributed by atoms with Gasteiger partial charge < -0.3 is 14.5 Å². The zero-order valence-corrected chi connectivity index (χ0v) is 14.9. The number of hydrogen-bond donors (Lipinski definition) is 0. The van der Waals surface area contributed by atoms with E-state index in [1.54, 1.807) is 40.1 Å². The molecule has 1 aromatic heterocycles. The van der Waals surface area contributed by atoms with E-state index in [-0.39, 0.29) is 24.4 Å². The second kappa shape index (κ2) is 6.45. The van der Waals surface area contributed by atoms with Crippen molar-refractivity contribution in [3.63, 3.8) is 0 Å². The van der Waals surface area contributed by atoms with Crippen LogP contribution in [0.25, 0.3) is 0 Å². The highest BCUT2D eigenvalue weighted by Gasteiger charge is 2.49. The highest BCUT2D eigenvalue weighted by atomic mass is 32.1. The lowest BCUT2D eigenvalue weighted by molar-refractivity contribution is -0.120. The maximum atomic E-state index is 12.9. The first-order valence-electron chi connectivity index (χ1n) is 8.21. The second-order valence-corrected chi connectivity index (χ2v) is 7.04. The number of rotatable bonds is 3. The Kier molecular flexibility index (Phi) is 4.12. The van der Waals surface area contributed by atoms with Crippen LogP contribution in [-0.4, -0.2) is 60.4 Å². The zero-order valence-electron chi connectivity index (χ0n) is 14.1. The molecule has 1 atom stereocenters. The van der Waals surface area contributed by atoms with Crippen molar-refractivity contribution in [1.82, 2.24) is 9.80 Å². The number of nitrogens with zero attached hydrogens (tertiary/aromatic N) is 3. The molecule has 0 bridgehead atoms. The van der Waals surface area contributed by atoms with Gasteiger partial charge in [0, 0.05) is 19.2 Å². The predicted octanol–water partition coefficient (Wildman–Crippen LogP) is 2.05. The number of anilines is 1. The van der Waals surface area contributed by atoms with Crippen molar-refractivity contribution in [3.05, 3.63) is 46.7 Å². The summed E-state index contributed by atoms with van der Waals surface area (Å²) < 4.78 is 5.18. The van der Waals surface area contributed by atoms with E-state index in [4.69, 9.17) is 4.74 Å². The number of urea groups is 1. The number of thiophene rings is 1. The molecular formula is C18H17N3O4S. The SMILES string of the molecule is COc1cccc(N2C(=O)[C@@H]3CN(C(=O)c4cccs4)CCN3C2=O)c1. The van der Waals surface area contributed by atoms with Crippen molar-refractivity contribution >= 4 is 34.9 Å². The molecule has 26 heavy (non-hydrogen) atoms. The number of imide groups is 1. The van der Waals surface area contributed by atoms with Crippen LogP contribution >= 0.6 is 11.3 Å². The van der Waals surface area contributed by atoms with E-state index < -0.39 is 6.04 Å². The summed E-state index contributed by atoms with van der Waals surface area (Å²) in [4.78, 5) is 43.2. The lowest BCUT2D eigenvalue weighted by Crippen LogP contribution is -2.54. The molecule has 0 unspecified atom stereocenters. The Balaban J connectivity index is 1.57. The molecule has 2 fully saturated rings. The number of carbonyl (C=O) groups excluding carboxylic acids is 3. The molecule has 0 aliphatic carbocycles. The smallest absolute Gasteiger partial charge is 0.332 e. The number of amides is 4. The van der Waals surface area contributed by atoms with Gasteiger partial charge in [0.15, 0.2) is 0 Å². The first-order valence-corrected chi connectivity index (χ1v) is 9.09. The van der Waals surface area contributed by atoms with Crippen molar-refractivity contribution in [2.45, 2.75) is 6.04 Å². The Labute approximate surface area is 154 Å². The molecule has 7 nitrogen and oxygen atoms in total. The maximum Gasteiger partial charge on any atom is 0.332 e. The fraction of sp³-hybridized carbons (Fsp3) is 0.278. The van der Waals surface area contributed by atoms with Crippen molar-refractivity contribution in [2.75, 3.05) is 31.6 Å². The third-order valence-electron chi connectivity index (χ3n) is 4.65. The normalized spacial score (nSPS) is 19.7. The Bertz CT molecular complexity index is 867. The molecular weight excluding hydrogens is 354 g/mol. The minimum atomic E-state index is -0.647. The number of benzene rings is 1. The van der Waals surface area contributed by atoms with E-state index in [2.05, 4.69) is 0 Å². The molecule has 4 rings (SSSR count). The molecule has 2 saturated heterocycles. The molecule has 2 aliphatic rings. The molecule has 2 aliphatic heterocycles. The fourth-order valence-electron chi connectivity index (χ4n) is 3.32. The zero-order chi connectivity index (χ0) is 18.3. The summed E-state index contributed by atoms with van der Waals surface area (Å²) in [5.41, 5.74) is 0.477. The van der Waals surface area contributed by atoms with Crippen LogP contribution in [0.4, 0.5) is 10.5 Å². The van der Waals surface area contributed by atoms with E-state index in [0.29, 0.717) is 29.4 Å². The topological polar surface area (TPSA) is 70.2 Å². The average Bonchev–Trinajstić information content (AvgIpc) is 3.29. The molecule has 0 radical (unpaired) electrons. The summed E-state index contributed by atoms with van der Waals surface area (Å²) in [6, 6.07) is 9.44. The van der Waals surface area contributed by atoms with Crippen molar-refractivity contribution < 1.29 is 19.1 Å². The van der Waals surface area contributed by atoms with Crippen LogP contribution in [0.5, 0.6) is 5.75 Å². The summed E-state index contributed by atoms with van der Waals surface area (Å²) >= 11 is 1.37. The summed E-state index contributed by atoms with van der Waals surface area (Å²) in [5.74, 6) is 0.161. The highest BCUT2D eigenvalue weighted by molar-refractivity contribution is 7.12. The van der Waals surface area contributed by atoms with E-state index >= 15 is 0 Å². The van der Waals surface area contributed by atoms with Crippen LogP contribution in [-0.2, 0) is 4.79 Å². The number of carbonyl (C=O) groups is 3. The van der Waals surface area contributed by atoms with Gasteiger partial charge in [-0.1, -0.05) is 12.1 Å². The maximum absolute atomic E-state index is 12.9. The number of ether oxygens (including phenoxy) is 1. The first kappa shape index (κ1) is 16.6. The molecule has 8 heteroatoms. The molecule has 0 N–H and O–H groups in total. The van der Waals surface area contributed by atoms with Gasteiger partial charge in [-0.25, -0.2) is 9.69 Å². The lowest BCUT2D eigenvalue weighted by atomic mass is 10.1. The molecule has 0 saturated carbocycles. The van der Waals surface area contributed by atoms with Crippen molar-refractivity contribution in [3.8, 4) is 5.75 Å². The van der Waals surface area contributed by atoms with Gasteiger partial charge in [0.1, 0.15) is 11.8 Å². The van der Waals surface area contributed by atoms with E-state index in [0.717, 1.165) is 0 Å². The second-order valence-electron chi connectivity index (χ2n) is 6.10. The van der Waals surface area contributed by atoms with Crippen LogP contribution < -0.4 is 9.64 Å². The molecule has 2 aromatic rings. The monoisotopic (exact) mass is 371 g/mol.